The van der Waals surface area contributed by atoms with Gasteiger partial charge in [0.15, 0.2) is 0 Å². The molecule has 1 aliphatic rings. The summed E-state index contributed by atoms with van der Waals surface area (Å²) in [5.41, 5.74) is 6.07. The Kier molecular flexibility index (Phi) is 3.46. The summed E-state index contributed by atoms with van der Waals surface area (Å²) >= 11 is 5.65. The summed E-state index contributed by atoms with van der Waals surface area (Å²) < 4.78 is 5.46. The first-order valence-electron chi connectivity index (χ1n) is 5.28. The standard InChI is InChI=1S/C10H15ClN4O/c1-15(7-2-3-7)4-5-16-9-8(12)6-13-10(11)14-9/h6-7H,2-5,12H2,1H3. The Bertz CT molecular complexity index is 370. The highest BCUT2D eigenvalue weighted by Gasteiger charge is 2.25. The van der Waals surface area contributed by atoms with Gasteiger partial charge in [-0.15, -0.1) is 0 Å². The van der Waals surface area contributed by atoms with E-state index in [9.17, 15) is 0 Å². The molecule has 0 amide bonds. The molecule has 1 aliphatic carbocycles. The third kappa shape index (κ3) is 2.96. The van der Waals surface area contributed by atoms with E-state index >= 15 is 0 Å². The lowest BCUT2D eigenvalue weighted by atomic mass is 10.5. The zero-order valence-electron chi connectivity index (χ0n) is 9.19. The van der Waals surface area contributed by atoms with Crippen LogP contribution in [0.4, 0.5) is 5.69 Å². The fourth-order valence-corrected chi connectivity index (χ4v) is 1.58. The first-order chi connectivity index (χ1) is 7.66. The highest BCUT2D eigenvalue weighted by Crippen LogP contribution is 2.25. The van der Waals surface area contributed by atoms with Crippen LogP contribution in [0.5, 0.6) is 5.88 Å². The van der Waals surface area contributed by atoms with Gasteiger partial charge >= 0.3 is 0 Å². The van der Waals surface area contributed by atoms with Gasteiger partial charge in [-0.05, 0) is 31.5 Å². The normalized spacial score (nSPS) is 15.4. The molecule has 1 saturated carbocycles. The molecule has 0 radical (unpaired) electrons. The molecule has 2 N–H and O–H groups in total. The largest absolute Gasteiger partial charge is 0.475 e. The second-order valence-corrected chi connectivity index (χ2v) is 4.30. The Morgan fingerprint density at radius 3 is 3.06 bits per heavy atom. The van der Waals surface area contributed by atoms with Crippen molar-refractivity contribution in [2.45, 2.75) is 18.9 Å². The maximum Gasteiger partial charge on any atom is 0.241 e. The van der Waals surface area contributed by atoms with Crippen molar-refractivity contribution in [1.29, 1.82) is 0 Å². The number of halogens is 1. The number of rotatable bonds is 5. The van der Waals surface area contributed by atoms with Crippen LogP contribution in [0.15, 0.2) is 6.20 Å². The SMILES string of the molecule is CN(CCOc1nc(Cl)ncc1N)C1CC1. The molecule has 88 valence electrons. The molecule has 0 atom stereocenters. The zero-order chi connectivity index (χ0) is 11.5. The molecule has 0 spiro atoms. The molecular weight excluding hydrogens is 228 g/mol. The molecule has 2 rings (SSSR count). The van der Waals surface area contributed by atoms with E-state index in [1.807, 2.05) is 0 Å². The number of hydrogen-bond acceptors (Lipinski definition) is 5. The van der Waals surface area contributed by atoms with E-state index in [1.54, 1.807) is 0 Å². The molecule has 6 heteroatoms. The van der Waals surface area contributed by atoms with Crippen LogP contribution in [0.1, 0.15) is 12.8 Å². The minimum Gasteiger partial charge on any atom is -0.475 e. The van der Waals surface area contributed by atoms with E-state index in [0.717, 1.165) is 12.6 Å². The van der Waals surface area contributed by atoms with Crippen molar-refractivity contribution in [2.75, 3.05) is 25.9 Å². The van der Waals surface area contributed by atoms with E-state index < -0.39 is 0 Å². The fraction of sp³-hybridized carbons (Fsp3) is 0.600. The molecule has 5 nitrogen and oxygen atoms in total. The predicted octanol–water partition coefficient (Wildman–Crippen LogP) is 1.19. The summed E-state index contributed by atoms with van der Waals surface area (Å²) in [6.45, 7) is 1.43. The smallest absolute Gasteiger partial charge is 0.241 e. The Balaban J connectivity index is 1.81. The van der Waals surface area contributed by atoms with Crippen LogP contribution in [-0.2, 0) is 0 Å². The third-order valence-electron chi connectivity index (χ3n) is 2.60. The van der Waals surface area contributed by atoms with Crippen molar-refractivity contribution in [3.8, 4) is 5.88 Å². The maximum absolute atomic E-state index is 5.66. The average Bonchev–Trinajstić information content (AvgIpc) is 3.06. The zero-order valence-corrected chi connectivity index (χ0v) is 9.94. The summed E-state index contributed by atoms with van der Waals surface area (Å²) in [6, 6.07) is 0.731. The van der Waals surface area contributed by atoms with Crippen LogP contribution in [-0.4, -0.2) is 41.1 Å². The second kappa shape index (κ2) is 4.84. The van der Waals surface area contributed by atoms with Crippen molar-refractivity contribution >= 4 is 17.3 Å². The maximum atomic E-state index is 5.66. The molecular formula is C10H15ClN4O. The summed E-state index contributed by atoms with van der Waals surface area (Å²) in [4.78, 5) is 9.96. The van der Waals surface area contributed by atoms with Crippen molar-refractivity contribution < 1.29 is 4.74 Å². The van der Waals surface area contributed by atoms with Crippen LogP contribution in [0, 0.1) is 0 Å². The lowest BCUT2D eigenvalue weighted by Crippen LogP contribution is -2.26. The number of nitrogens with two attached hydrogens (primary N) is 1. The van der Waals surface area contributed by atoms with Crippen LogP contribution < -0.4 is 10.5 Å². The summed E-state index contributed by atoms with van der Waals surface area (Å²) in [5.74, 6) is 0.365. The first kappa shape index (κ1) is 11.4. The van der Waals surface area contributed by atoms with Crippen molar-refractivity contribution in [3.05, 3.63) is 11.5 Å². The minimum absolute atomic E-state index is 0.153. The number of anilines is 1. The van der Waals surface area contributed by atoms with Gasteiger partial charge in [-0.3, -0.25) is 0 Å². The molecule has 0 unspecified atom stereocenters. The van der Waals surface area contributed by atoms with Gasteiger partial charge in [0.1, 0.15) is 12.3 Å². The highest BCUT2D eigenvalue weighted by atomic mass is 35.5. The molecule has 0 aromatic carbocycles. The predicted molar refractivity (Wildman–Crippen MR) is 62.6 cm³/mol. The van der Waals surface area contributed by atoms with E-state index in [2.05, 4.69) is 21.9 Å². The van der Waals surface area contributed by atoms with Gasteiger partial charge < -0.3 is 15.4 Å². The Hall–Kier alpha value is -1.07. The van der Waals surface area contributed by atoms with Crippen molar-refractivity contribution in [1.82, 2.24) is 14.9 Å². The van der Waals surface area contributed by atoms with Gasteiger partial charge in [0.05, 0.1) is 6.20 Å². The quantitative estimate of drug-likeness (QED) is 0.786. The Morgan fingerprint density at radius 1 is 1.62 bits per heavy atom. The Morgan fingerprint density at radius 2 is 2.38 bits per heavy atom. The van der Waals surface area contributed by atoms with Crippen LogP contribution in [0.25, 0.3) is 0 Å². The van der Waals surface area contributed by atoms with Crippen molar-refractivity contribution in [2.24, 2.45) is 0 Å². The van der Waals surface area contributed by atoms with Gasteiger partial charge in [-0.25, -0.2) is 4.98 Å². The number of hydrogen-bond donors (Lipinski definition) is 1. The number of nitrogens with zero attached hydrogens (tertiary/aromatic N) is 3. The summed E-state index contributed by atoms with van der Waals surface area (Å²) in [5, 5.41) is 0.153. The molecule has 0 bridgehead atoms. The summed E-state index contributed by atoms with van der Waals surface area (Å²) in [7, 11) is 2.09. The highest BCUT2D eigenvalue weighted by molar-refractivity contribution is 6.28. The molecule has 0 saturated heterocycles. The van der Waals surface area contributed by atoms with Gasteiger partial charge in [0.25, 0.3) is 0 Å². The minimum atomic E-state index is 0.153. The molecule has 0 aliphatic heterocycles. The monoisotopic (exact) mass is 242 g/mol. The lowest BCUT2D eigenvalue weighted by molar-refractivity contribution is 0.227. The van der Waals surface area contributed by atoms with Crippen LogP contribution in [0.2, 0.25) is 5.28 Å². The van der Waals surface area contributed by atoms with E-state index in [1.165, 1.54) is 19.0 Å². The lowest BCUT2D eigenvalue weighted by Gasteiger charge is -2.15. The number of aromatic nitrogens is 2. The van der Waals surface area contributed by atoms with Crippen molar-refractivity contribution in [3.63, 3.8) is 0 Å². The summed E-state index contributed by atoms with van der Waals surface area (Å²) in [6.07, 6.45) is 4.03. The molecule has 1 fully saturated rings. The molecule has 1 aromatic rings. The van der Waals surface area contributed by atoms with Gasteiger partial charge in [-0.2, -0.15) is 4.98 Å². The van der Waals surface area contributed by atoms with Gasteiger partial charge in [0, 0.05) is 12.6 Å². The topological polar surface area (TPSA) is 64.3 Å². The Labute approximate surface area is 99.6 Å². The molecule has 1 aromatic heterocycles. The first-order valence-corrected chi connectivity index (χ1v) is 5.65. The van der Waals surface area contributed by atoms with Gasteiger partial charge in [-0.1, -0.05) is 0 Å². The van der Waals surface area contributed by atoms with Crippen LogP contribution >= 0.6 is 11.6 Å². The number of nitrogen functional groups attached to an aromatic ring is 1. The van der Waals surface area contributed by atoms with Crippen LogP contribution in [0.3, 0.4) is 0 Å². The number of likely N-dealkylation sites (N-methyl/N-ethyl adjacent to an activating group) is 1. The van der Waals surface area contributed by atoms with E-state index in [-0.39, 0.29) is 5.28 Å². The van der Waals surface area contributed by atoms with E-state index in [0.29, 0.717) is 18.2 Å². The van der Waals surface area contributed by atoms with E-state index in [4.69, 9.17) is 22.1 Å². The number of ether oxygens (including phenoxy) is 1. The molecule has 1 heterocycles. The third-order valence-corrected chi connectivity index (χ3v) is 2.79. The van der Waals surface area contributed by atoms with Gasteiger partial charge in [0.2, 0.25) is 11.2 Å². The average molecular weight is 243 g/mol. The molecule has 16 heavy (non-hydrogen) atoms. The fourth-order valence-electron chi connectivity index (χ4n) is 1.46. The second-order valence-electron chi connectivity index (χ2n) is 3.96.